The Bertz CT molecular complexity index is 746. The van der Waals surface area contributed by atoms with E-state index in [2.05, 4.69) is 15.6 Å². The van der Waals surface area contributed by atoms with Crippen LogP contribution in [0.3, 0.4) is 0 Å². The molecule has 1 aliphatic rings. The first kappa shape index (κ1) is 24.2. The molecule has 156 valence electrons. The molecular weight excluding hydrogens is 483 g/mol. The topological polar surface area (TPSA) is 107 Å². The van der Waals surface area contributed by atoms with Crippen LogP contribution >= 0.6 is 24.0 Å². The largest absolute Gasteiger partial charge is 0.466 e. The summed E-state index contributed by atoms with van der Waals surface area (Å²) < 4.78 is 30.6. The highest BCUT2D eigenvalue weighted by molar-refractivity contribution is 14.0. The smallest absolute Gasteiger partial charge is 0.214 e. The van der Waals surface area contributed by atoms with Crippen molar-refractivity contribution in [3.8, 4) is 0 Å². The van der Waals surface area contributed by atoms with Gasteiger partial charge in [-0.2, -0.15) is 0 Å². The molecule has 0 aliphatic carbocycles. The number of furan rings is 1. The first-order chi connectivity index (χ1) is 12.2. The lowest BCUT2D eigenvalue weighted by Crippen LogP contribution is -2.42. The fourth-order valence-electron chi connectivity index (χ4n) is 3.07. The van der Waals surface area contributed by atoms with E-state index in [-0.39, 0.29) is 36.3 Å². The van der Waals surface area contributed by atoms with Crippen molar-refractivity contribution < 1.29 is 17.9 Å². The van der Waals surface area contributed by atoms with E-state index in [1.54, 1.807) is 6.92 Å². The van der Waals surface area contributed by atoms with E-state index in [1.807, 2.05) is 26.8 Å². The number of hydrogen-bond donors (Lipinski definition) is 3. The molecule has 27 heavy (non-hydrogen) atoms. The van der Waals surface area contributed by atoms with Crippen LogP contribution in [0, 0.1) is 13.8 Å². The summed E-state index contributed by atoms with van der Waals surface area (Å²) in [4.78, 5) is 4.45. The third-order valence-electron chi connectivity index (χ3n) is 4.37. The Kier molecular flexibility index (Phi) is 9.03. The zero-order chi connectivity index (χ0) is 19.4. The van der Waals surface area contributed by atoms with Gasteiger partial charge >= 0.3 is 0 Å². The fourth-order valence-corrected chi connectivity index (χ4v) is 4.60. The van der Waals surface area contributed by atoms with Crippen molar-refractivity contribution in [2.24, 2.45) is 4.99 Å². The van der Waals surface area contributed by atoms with Gasteiger partial charge in [0.2, 0.25) is 10.0 Å². The fraction of sp³-hybridized carbons (Fsp3) is 0.706. The van der Waals surface area contributed by atoms with Gasteiger partial charge in [0.15, 0.2) is 5.96 Å². The Labute approximate surface area is 178 Å². The molecule has 0 spiro atoms. The molecule has 1 saturated heterocycles. The van der Waals surface area contributed by atoms with Crippen molar-refractivity contribution in [2.75, 3.05) is 38.5 Å². The number of nitrogens with zero attached hydrogens (tertiary/aromatic N) is 2. The van der Waals surface area contributed by atoms with Gasteiger partial charge in [-0.25, -0.2) is 17.7 Å². The maximum Gasteiger partial charge on any atom is 0.214 e. The van der Waals surface area contributed by atoms with Crippen LogP contribution in [0.15, 0.2) is 15.5 Å². The maximum atomic E-state index is 11.8. The second-order valence-corrected chi connectivity index (χ2v) is 8.88. The molecule has 1 aromatic heterocycles. The summed E-state index contributed by atoms with van der Waals surface area (Å²) in [6, 6.07) is 1.82. The van der Waals surface area contributed by atoms with E-state index in [0.29, 0.717) is 44.3 Å². The van der Waals surface area contributed by atoms with Crippen molar-refractivity contribution in [3.63, 3.8) is 0 Å². The molecule has 1 aliphatic heterocycles. The molecule has 1 aromatic rings. The van der Waals surface area contributed by atoms with Crippen LogP contribution in [0.4, 0.5) is 0 Å². The summed E-state index contributed by atoms with van der Waals surface area (Å²) in [5.41, 5.74) is -0.430. The minimum atomic E-state index is -3.09. The zero-order valence-corrected chi connectivity index (χ0v) is 19.6. The van der Waals surface area contributed by atoms with Gasteiger partial charge < -0.3 is 20.2 Å². The van der Waals surface area contributed by atoms with Crippen LogP contribution in [-0.4, -0.2) is 62.3 Å². The molecule has 1 fully saturated rings. The Hall–Kier alpha value is -0.850. The summed E-state index contributed by atoms with van der Waals surface area (Å²) in [7, 11) is -3.09. The van der Waals surface area contributed by atoms with Gasteiger partial charge in [-0.15, -0.1) is 24.0 Å². The lowest BCUT2D eigenvalue weighted by molar-refractivity contribution is 0.0657. The van der Waals surface area contributed by atoms with E-state index in [4.69, 9.17) is 4.42 Å². The average molecular weight is 514 g/mol. The molecule has 10 heteroatoms. The van der Waals surface area contributed by atoms with Crippen LogP contribution < -0.4 is 10.6 Å². The van der Waals surface area contributed by atoms with Gasteiger partial charge in [-0.3, -0.25) is 0 Å². The van der Waals surface area contributed by atoms with E-state index in [0.717, 1.165) is 11.3 Å². The van der Waals surface area contributed by atoms with Crippen molar-refractivity contribution in [3.05, 3.63) is 23.2 Å². The number of rotatable bonds is 7. The van der Waals surface area contributed by atoms with Gasteiger partial charge in [0.25, 0.3) is 0 Å². The van der Waals surface area contributed by atoms with Gasteiger partial charge in [-0.1, -0.05) is 0 Å². The summed E-state index contributed by atoms with van der Waals surface area (Å²) in [5.74, 6) is 2.20. The predicted molar refractivity (Wildman–Crippen MR) is 117 cm³/mol. The van der Waals surface area contributed by atoms with Crippen molar-refractivity contribution in [1.82, 2.24) is 14.9 Å². The third kappa shape index (κ3) is 6.61. The van der Waals surface area contributed by atoms with Gasteiger partial charge in [-0.05, 0) is 40.2 Å². The molecule has 3 N–H and O–H groups in total. The van der Waals surface area contributed by atoms with Crippen LogP contribution in [0.5, 0.6) is 0 Å². The lowest BCUT2D eigenvalue weighted by Gasteiger charge is -2.22. The third-order valence-corrected chi connectivity index (χ3v) is 6.32. The van der Waals surface area contributed by atoms with Crippen LogP contribution in [0.2, 0.25) is 0 Å². The van der Waals surface area contributed by atoms with Gasteiger partial charge in [0.05, 0.1) is 12.3 Å². The summed E-state index contributed by atoms with van der Waals surface area (Å²) in [5, 5.41) is 17.0. The first-order valence-electron chi connectivity index (χ1n) is 8.95. The van der Waals surface area contributed by atoms with Crippen LogP contribution in [0.25, 0.3) is 0 Å². The first-order valence-corrected chi connectivity index (χ1v) is 10.6. The molecule has 1 atom stereocenters. The molecule has 1 unspecified atom stereocenters. The normalized spacial score (nSPS) is 19.4. The Morgan fingerprint density at radius 3 is 2.63 bits per heavy atom. The molecular formula is C17H31IN4O4S. The number of aliphatic hydroxyl groups is 1. The second kappa shape index (κ2) is 10.1. The number of sulfonamides is 1. The Morgan fingerprint density at radius 1 is 1.41 bits per heavy atom. The molecule has 0 saturated carbocycles. The number of guanidine groups is 1. The van der Waals surface area contributed by atoms with Crippen molar-refractivity contribution in [2.45, 2.75) is 39.7 Å². The molecule has 0 aromatic carbocycles. The predicted octanol–water partition coefficient (Wildman–Crippen LogP) is 1.31. The van der Waals surface area contributed by atoms with E-state index in [1.165, 1.54) is 4.31 Å². The summed E-state index contributed by atoms with van der Waals surface area (Å²) in [6.45, 7) is 9.57. The van der Waals surface area contributed by atoms with Crippen LogP contribution in [-0.2, 0) is 15.6 Å². The van der Waals surface area contributed by atoms with Crippen LogP contribution in [0.1, 0.15) is 37.4 Å². The minimum Gasteiger partial charge on any atom is -0.466 e. The number of hydrogen-bond acceptors (Lipinski definition) is 5. The molecule has 2 rings (SSSR count). The Morgan fingerprint density at radius 2 is 2.11 bits per heavy atom. The maximum absolute atomic E-state index is 11.8. The monoisotopic (exact) mass is 514 g/mol. The van der Waals surface area contributed by atoms with E-state index < -0.39 is 15.6 Å². The standard InChI is InChI=1S/C17H30N4O4S.HI/c1-5-18-16(19-7-9-21-8-6-10-26(21,23)24)20-12-17(4,22)15-11-13(2)25-14(15)3;/h11,22H,5-10,12H2,1-4H3,(H2,18,19,20);1H. The highest BCUT2D eigenvalue weighted by Crippen LogP contribution is 2.27. The number of aryl methyl sites for hydroxylation is 2. The van der Waals surface area contributed by atoms with Crippen molar-refractivity contribution >= 4 is 40.0 Å². The molecule has 0 bridgehead atoms. The minimum absolute atomic E-state index is 0. The molecule has 0 radical (unpaired) electrons. The Balaban J connectivity index is 0.00000364. The van der Waals surface area contributed by atoms with E-state index in [9.17, 15) is 13.5 Å². The summed E-state index contributed by atoms with van der Waals surface area (Å²) in [6.07, 6.45) is 0.683. The highest BCUT2D eigenvalue weighted by Gasteiger charge is 2.28. The molecule has 0 amide bonds. The zero-order valence-electron chi connectivity index (χ0n) is 16.4. The SMILES string of the molecule is CCNC(=NCC(C)(O)c1cc(C)oc1C)NCCN1CCCS1(=O)=O.I. The second-order valence-electron chi connectivity index (χ2n) is 6.79. The number of nitrogens with one attached hydrogen (secondary N) is 2. The highest BCUT2D eigenvalue weighted by atomic mass is 127. The molecule has 2 heterocycles. The summed E-state index contributed by atoms with van der Waals surface area (Å²) >= 11 is 0. The van der Waals surface area contributed by atoms with E-state index >= 15 is 0 Å². The number of aliphatic imine (C=N–C) groups is 1. The molecule has 8 nitrogen and oxygen atoms in total. The average Bonchev–Trinajstić information content (AvgIpc) is 3.06. The lowest BCUT2D eigenvalue weighted by atomic mass is 9.96. The van der Waals surface area contributed by atoms with Crippen molar-refractivity contribution in [1.29, 1.82) is 0 Å². The van der Waals surface area contributed by atoms with Gasteiger partial charge in [0, 0.05) is 31.7 Å². The van der Waals surface area contributed by atoms with Gasteiger partial charge in [0.1, 0.15) is 17.1 Å². The number of halogens is 1. The quantitative estimate of drug-likeness (QED) is 0.288.